The van der Waals surface area contributed by atoms with Crippen molar-refractivity contribution < 1.29 is 18.0 Å². The Labute approximate surface area is 176 Å². The molecule has 28 heavy (non-hydrogen) atoms. The van der Waals surface area contributed by atoms with Gasteiger partial charge in [-0.25, -0.2) is 0 Å². The molecule has 0 saturated carbocycles. The van der Waals surface area contributed by atoms with Crippen molar-refractivity contribution in [2.24, 2.45) is 0 Å². The van der Waals surface area contributed by atoms with Gasteiger partial charge in [0.25, 0.3) is 0 Å². The first-order valence-corrected chi connectivity index (χ1v) is 9.34. The molecule has 2 aliphatic heterocycles. The average molecular weight is 442 g/mol. The van der Waals surface area contributed by atoms with E-state index in [2.05, 4.69) is 10.2 Å². The van der Waals surface area contributed by atoms with Crippen molar-refractivity contribution in [2.45, 2.75) is 44.4 Å². The number of hydrogen-bond acceptors (Lipinski definition) is 3. The highest BCUT2D eigenvalue weighted by Crippen LogP contribution is 2.29. The summed E-state index contributed by atoms with van der Waals surface area (Å²) < 4.78 is 38.0. The van der Waals surface area contributed by atoms with Gasteiger partial charge in [0.05, 0.1) is 11.6 Å². The van der Waals surface area contributed by atoms with Crippen LogP contribution in [0.2, 0.25) is 0 Å². The molecule has 1 N–H and O–H groups in total. The van der Waals surface area contributed by atoms with Crippen molar-refractivity contribution in [3.05, 3.63) is 35.4 Å². The monoisotopic (exact) mass is 441 g/mol. The first-order valence-electron chi connectivity index (χ1n) is 9.34. The molecular formula is C19H28Cl2F3N3O. The standard InChI is InChI=1S/C19H26F3N3O.2ClH/c20-19(21,22)16-7-5-15(6-8-16)14-24-10-3-11-25(13-12-24)18(26)17-4-1-2-9-23-17;;/h5-8,17,23H,1-4,9-14H2;2*1H/t17-;;/m1../s1. The number of carbonyl (C=O) groups excluding carboxylic acids is 1. The molecular weight excluding hydrogens is 414 g/mol. The van der Waals surface area contributed by atoms with E-state index < -0.39 is 11.7 Å². The highest BCUT2D eigenvalue weighted by Gasteiger charge is 2.30. The van der Waals surface area contributed by atoms with Gasteiger partial charge in [0, 0.05) is 32.7 Å². The molecule has 1 atom stereocenters. The number of benzene rings is 1. The number of piperidine rings is 1. The summed E-state index contributed by atoms with van der Waals surface area (Å²) in [7, 11) is 0. The molecule has 0 bridgehead atoms. The van der Waals surface area contributed by atoms with Crippen LogP contribution in [0.5, 0.6) is 0 Å². The minimum absolute atomic E-state index is 0. The predicted molar refractivity (Wildman–Crippen MR) is 108 cm³/mol. The Kier molecular flexibility index (Phi) is 10.0. The first-order chi connectivity index (χ1) is 12.4. The molecule has 9 heteroatoms. The molecule has 2 heterocycles. The van der Waals surface area contributed by atoms with Crippen molar-refractivity contribution in [3.8, 4) is 0 Å². The fourth-order valence-electron chi connectivity index (χ4n) is 3.69. The summed E-state index contributed by atoms with van der Waals surface area (Å²) in [4.78, 5) is 16.8. The number of halogens is 5. The molecule has 0 aromatic heterocycles. The SMILES string of the molecule is Cl.Cl.O=C([C@H]1CCCCN1)N1CCCN(Cc2ccc(C(F)(F)F)cc2)CC1. The molecule has 1 aromatic rings. The Bertz CT molecular complexity index is 607. The van der Waals surface area contributed by atoms with Crippen LogP contribution in [-0.4, -0.2) is 54.5 Å². The van der Waals surface area contributed by atoms with E-state index in [4.69, 9.17) is 0 Å². The Morgan fingerprint density at radius 3 is 2.32 bits per heavy atom. The van der Waals surface area contributed by atoms with E-state index >= 15 is 0 Å². The molecule has 2 saturated heterocycles. The van der Waals surface area contributed by atoms with Gasteiger partial charge in [-0.1, -0.05) is 18.6 Å². The van der Waals surface area contributed by atoms with Crippen molar-refractivity contribution in [2.75, 3.05) is 32.7 Å². The summed E-state index contributed by atoms with van der Waals surface area (Å²) >= 11 is 0. The molecule has 3 rings (SSSR count). The van der Waals surface area contributed by atoms with Crippen LogP contribution in [0.1, 0.15) is 36.8 Å². The van der Waals surface area contributed by atoms with Crippen LogP contribution in [0.25, 0.3) is 0 Å². The highest BCUT2D eigenvalue weighted by molar-refractivity contribution is 5.85. The lowest BCUT2D eigenvalue weighted by Crippen LogP contribution is -2.49. The lowest BCUT2D eigenvalue weighted by Gasteiger charge is -2.29. The number of rotatable bonds is 3. The summed E-state index contributed by atoms with van der Waals surface area (Å²) in [6.45, 7) is 4.55. The maximum atomic E-state index is 12.7. The molecule has 0 radical (unpaired) electrons. The Morgan fingerprint density at radius 2 is 1.71 bits per heavy atom. The number of amides is 1. The number of alkyl halides is 3. The second-order valence-electron chi connectivity index (χ2n) is 7.15. The lowest BCUT2D eigenvalue weighted by molar-refractivity contribution is -0.137. The third kappa shape index (κ3) is 6.79. The van der Waals surface area contributed by atoms with E-state index in [-0.39, 0.29) is 36.8 Å². The van der Waals surface area contributed by atoms with E-state index in [0.717, 1.165) is 69.6 Å². The highest BCUT2D eigenvalue weighted by atomic mass is 35.5. The zero-order valence-electron chi connectivity index (χ0n) is 15.7. The Balaban J connectivity index is 0.00000196. The predicted octanol–water partition coefficient (Wildman–Crippen LogP) is 3.73. The van der Waals surface area contributed by atoms with E-state index in [0.29, 0.717) is 13.1 Å². The van der Waals surface area contributed by atoms with E-state index in [1.165, 1.54) is 0 Å². The Hall–Kier alpha value is -1.02. The lowest BCUT2D eigenvalue weighted by atomic mass is 10.0. The number of carbonyl (C=O) groups is 1. The minimum Gasteiger partial charge on any atom is -0.340 e. The van der Waals surface area contributed by atoms with Crippen molar-refractivity contribution in [1.29, 1.82) is 0 Å². The van der Waals surface area contributed by atoms with Crippen LogP contribution in [0.3, 0.4) is 0 Å². The normalized spacial score (nSPS) is 21.2. The van der Waals surface area contributed by atoms with Gasteiger partial charge in [-0.2, -0.15) is 13.2 Å². The summed E-state index contributed by atoms with van der Waals surface area (Å²) in [5.41, 5.74) is 0.251. The smallest absolute Gasteiger partial charge is 0.340 e. The molecule has 0 spiro atoms. The van der Waals surface area contributed by atoms with Crippen LogP contribution in [0, 0.1) is 0 Å². The topological polar surface area (TPSA) is 35.6 Å². The Morgan fingerprint density at radius 1 is 1.00 bits per heavy atom. The molecule has 4 nitrogen and oxygen atoms in total. The van der Waals surface area contributed by atoms with Gasteiger partial charge in [0.15, 0.2) is 0 Å². The number of hydrogen-bond donors (Lipinski definition) is 1. The van der Waals surface area contributed by atoms with Gasteiger partial charge in [-0.15, -0.1) is 24.8 Å². The largest absolute Gasteiger partial charge is 0.416 e. The summed E-state index contributed by atoms with van der Waals surface area (Å²) in [6, 6.07) is 5.31. The number of nitrogens with one attached hydrogen (secondary N) is 1. The van der Waals surface area contributed by atoms with Crippen LogP contribution < -0.4 is 5.32 Å². The quantitative estimate of drug-likeness (QED) is 0.775. The van der Waals surface area contributed by atoms with Crippen LogP contribution in [0.15, 0.2) is 24.3 Å². The molecule has 1 aromatic carbocycles. The second-order valence-corrected chi connectivity index (χ2v) is 7.15. The molecule has 160 valence electrons. The summed E-state index contributed by atoms with van der Waals surface area (Å²) in [5, 5.41) is 3.31. The van der Waals surface area contributed by atoms with Gasteiger partial charge in [-0.3, -0.25) is 9.69 Å². The van der Waals surface area contributed by atoms with Gasteiger partial charge in [0.1, 0.15) is 0 Å². The third-order valence-corrected chi connectivity index (χ3v) is 5.20. The third-order valence-electron chi connectivity index (χ3n) is 5.20. The summed E-state index contributed by atoms with van der Waals surface area (Å²) in [5.74, 6) is 0.195. The fraction of sp³-hybridized carbons (Fsp3) is 0.632. The van der Waals surface area contributed by atoms with Crippen LogP contribution >= 0.6 is 24.8 Å². The molecule has 1 amide bonds. The van der Waals surface area contributed by atoms with Crippen molar-refractivity contribution in [1.82, 2.24) is 15.1 Å². The number of nitrogens with zero attached hydrogens (tertiary/aromatic N) is 2. The van der Waals surface area contributed by atoms with Crippen LogP contribution in [0.4, 0.5) is 13.2 Å². The maximum Gasteiger partial charge on any atom is 0.416 e. The zero-order valence-corrected chi connectivity index (χ0v) is 17.3. The van der Waals surface area contributed by atoms with Crippen LogP contribution in [-0.2, 0) is 17.5 Å². The summed E-state index contributed by atoms with van der Waals surface area (Å²) in [6.07, 6.45) is -0.277. The fourth-order valence-corrected chi connectivity index (χ4v) is 3.69. The average Bonchev–Trinajstić information content (AvgIpc) is 2.87. The first kappa shape index (κ1) is 25.0. The molecule has 2 fully saturated rings. The molecule has 2 aliphatic rings. The maximum absolute atomic E-state index is 12.7. The van der Waals surface area contributed by atoms with E-state index in [1.54, 1.807) is 12.1 Å². The van der Waals surface area contributed by atoms with Crippen molar-refractivity contribution in [3.63, 3.8) is 0 Å². The van der Waals surface area contributed by atoms with E-state index in [9.17, 15) is 18.0 Å². The minimum atomic E-state index is -4.30. The van der Waals surface area contributed by atoms with Gasteiger partial charge in [-0.05, 0) is 43.5 Å². The zero-order chi connectivity index (χ0) is 18.6. The van der Waals surface area contributed by atoms with Gasteiger partial charge < -0.3 is 10.2 Å². The molecule has 0 aliphatic carbocycles. The van der Waals surface area contributed by atoms with E-state index in [1.807, 2.05) is 4.90 Å². The van der Waals surface area contributed by atoms with Gasteiger partial charge in [0.2, 0.25) is 5.91 Å². The second kappa shape index (κ2) is 11.2. The van der Waals surface area contributed by atoms with Crippen molar-refractivity contribution >= 4 is 30.7 Å². The van der Waals surface area contributed by atoms with Gasteiger partial charge >= 0.3 is 6.18 Å². The molecule has 0 unspecified atom stereocenters.